The van der Waals surface area contributed by atoms with E-state index in [4.69, 9.17) is 4.52 Å². The number of thiophene rings is 1. The van der Waals surface area contributed by atoms with E-state index in [1.54, 1.807) is 6.92 Å². The second-order valence-electron chi connectivity index (χ2n) is 4.86. The van der Waals surface area contributed by atoms with E-state index in [2.05, 4.69) is 15.5 Å². The zero-order valence-electron chi connectivity index (χ0n) is 10.7. The van der Waals surface area contributed by atoms with Crippen LogP contribution in [0.15, 0.2) is 22.0 Å². The minimum atomic E-state index is -0.459. The summed E-state index contributed by atoms with van der Waals surface area (Å²) in [6.07, 6.45) is 3.86. The van der Waals surface area contributed by atoms with Gasteiger partial charge in [0.2, 0.25) is 5.89 Å². The van der Waals surface area contributed by atoms with E-state index in [1.807, 2.05) is 17.5 Å². The predicted molar refractivity (Wildman–Crippen MR) is 71.0 cm³/mol. The second-order valence-corrected chi connectivity index (χ2v) is 5.81. The minimum Gasteiger partial charge on any atom is -0.340 e. The molecular formula is C13H15N3O2S. The first-order valence-electron chi connectivity index (χ1n) is 6.36. The molecule has 2 aromatic rings. The average molecular weight is 277 g/mol. The lowest BCUT2D eigenvalue weighted by molar-refractivity contribution is 0.0896. The van der Waals surface area contributed by atoms with Gasteiger partial charge < -0.3 is 9.84 Å². The number of hydrogen-bond acceptors (Lipinski definition) is 5. The van der Waals surface area contributed by atoms with Gasteiger partial charge in [-0.1, -0.05) is 24.1 Å². The van der Waals surface area contributed by atoms with Crippen molar-refractivity contribution in [2.24, 2.45) is 0 Å². The summed E-state index contributed by atoms with van der Waals surface area (Å²) in [6.45, 7) is 1.76. The van der Waals surface area contributed by atoms with Crippen LogP contribution in [0.4, 0.5) is 0 Å². The van der Waals surface area contributed by atoms with Crippen molar-refractivity contribution in [3.8, 4) is 0 Å². The molecule has 3 rings (SSSR count). The largest absolute Gasteiger partial charge is 0.340 e. The van der Waals surface area contributed by atoms with Gasteiger partial charge in [-0.2, -0.15) is 4.98 Å². The van der Waals surface area contributed by atoms with E-state index in [0.717, 1.165) is 25.7 Å². The van der Waals surface area contributed by atoms with Crippen LogP contribution in [0.25, 0.3) is 0 Å². The first-order chi connectivity index (χ1) is 9.20. The summed E-state index contributed by atoms with van der Waals surface area (Å²) < 4.78 is 5.06. The highest BCUT2D eigenvalue weighted by atomic mass is 32.1. The lowest BCUT2D eigenvalue weighted by Gasteiger charge is -2.26. The Labute approximate surface area is 115 Å². The Kier molecular flexibility index (Phi) is 3.10. The maximum atomic E-state index is 12.3. The molecule has 0 unspecified atom stereocenters. The third-order valence-corrected chi connectivity index (χ3v) is 4.38. The SMILES string of the molecule is Cc1nc(C2(NC(=O)c3cccs3)CCCC2)no1. The van der Waals surface area contributed by atoms with Crippen LogP contribution in [0.5, 0.6) is 0 Å². The Morgan fingerprint density at radius 2 is 2.26 bits per heavy atom. The van der Waals surface area contributed by atoms with Crippen LogP contribution in [0.1, 0.15) is 47.1 Å². The molecule has 0 atom stereocenters. The number of carbonyl (C=O) groups excluding carboxylic acids is 1. The van der Waals surface area contributed by atoms with Gasteiger partial charge in [-0.25, -0.2) is 0 Å². The standard InChI is InChI=1S/C13H15N3O2S/c1-9-14-12(16-18-9)13(6-2-3-7-13)15-11(17)10-5-4-8-19-10/h4-5,8H,2-3,6-7H2,1H3,(H,15,17). The predicted octanol–water partition coefficient (Wildman–Crippen LogP) is 2.64. The summed E-state index contributed by atoms with van der Waals surface area (Å²) in [6, 6.07) is 3.70. The second kappa shape index (κ2) is 4.77. The molecule has 0 saturated heterocycles. The number of aromatic nitrogens is 2. The molecule has 1 amide bonds. The van der Waals surface area contributed by atoms with E-state index in [-0.39, 0.29) is 5.91 Å². The molecule has 1 aliphatic rings. The van der Waals surface area contributed by atoms with Gasteiger partial charge in [0, 0.05) is 6.92 Å². The maximum absolute atomic E-state index is 12.3. The van der Waals surface area contributed by atoms with E-state index < -0.39 is 5.54 Å². The minimum absolute atomic E-state index is 0.0562. The molecule has 19 heavy (non-hydrogen) atoms. The number of amides is 1. The van der Waals surface area contributed by atoms with Gasteiger partial charge in [0.05, 0.1) is 4.88 Å². The lowest BCUT2D eigenvalue weighted by atomic mass is 9.96. The maximum Gasteiger partial charge on any atom is 0.262 e. The van der Waals surface area contributed by atoms with Gasteiger partial charge >= 0.3 is 0 Å². The van der Waals surface area contributed by atoms with Crippen molar-refractivity contribution in [1.82, 2.24) is 15.5 Å². The summed E-state index contributed by atoms with van der Waals surface area (Å²) in [5, 5.41) is 9.02. The van der Waals surface area contributed by atoms with Crippen molar-refractivity contribution in [2.75, 3.05) is 0 Å². The van der Waals surface area contributed by atoms with Gasteiger partial charge in [-0.15, -0.1) is 11.3 Å². The number of aryl methyl sites for hydroxylation is 1. The highest BCUT2D eigenvalue weighted by Gasteiger charge is 2.41. The molecule has 2 aromatic heterocycles. The fraction of sp³-hybridized carbons (Fsp3) is 0.462. The van der Waals surface area contributed by atoms with Crippen molar-refractivity contribution in [3.05, 3.63) is 34.1 Å². The summed E-state index contributed by atoms with van der Waals surface area (Å²) in [5.74, 6) is 1.08. The van der Waals surface area contributed by atoms with Crippen molar-refractivity contribution < 1.29 is 9.32 Å². The Hall–Kier alpha value is -1.69. The van der Waals surface area contributed by atoms with Gasteiger partial charge in [0.25, 0.3) is 5.91 Å². The van der Waals surface area contributed by atoms with Crippen LogP contribution in [0.2, 0.25) is 0 Å². The molecule has 1 saturated carbocycles. The van der Waals surface area contributed by atoms with Crippen LogP contribution >= 0.6 is 11.3 Å². The van der Waals surface area contributed by atoms with Crippen molar-refractivity contribution in [3.63, 3.8) is 0 Å². The van der Waals surface area contributed by atoms with Crippen molar-refractivity contribution in [2.45, 2.75) is 38.1 Å². The highest BCUT2D eigenvalue weighted by molar-refractivity contribution is 7.12. The fourth-order valence-electron chi connectivity index (χ4n) is 2.56. The number of nitrogens with zero attached hydrogens (tertiary/aromatic N) is 2. The molecule has 1 N–H and O–H groups in total. The van der Waals surface area contributed by atoms with Gasteiger partial charge in [-0.05, 0) is 24.3 Å². The molecule has 0 aliphatic heterocycles. The Morgan fingerprint density at radius 1 is 1.47 bits per heavy atom. The molecule has 100 valence electrons. The molecule has 0 aromatic carbocycles. The molecular weight excluding hydrogens is 262 g/mol. The van der Waals surface area contributed by atoms with E-state index in [1.165, 1.54) is 11.3 Å². The van der Waals surface area contributed by atoms with Gasteiger partial charge in [0.1, 0.15) is 5.54 Å². The highest BCUT2D eigenvalue weighted by Crippen LogP contribution is 2.37. The quantitative estimate of drug-likeness (QED) is 0.936. The Bertz CT molecular complexity index is 570. The lowest BCUT2D eigenvalue weighted by Crippen LogP contribution is -2.44. The van der Waals surface area contributed by atoms with E-state index in [0.29, 0.717) is 16.6 Å². The molecule has 1 fully saturated rings. The summed E-state index contributed by atoms with van der Waals surface area (Å²) >= 11 is 1.44. The van der Waals surface area contributed by atoms with Gasteiger partial charge in [-0.3, -0.25) is 4.79 Å². The molecule has 1 aliphatic carbocycles. The monoisotopic (exact) mass is 277 g/mol. The average Bonchev–Trinajstić information content (AvgIpc) is 3.08. The fourth-order valence-corrected chi connectivity index (χ4v) is 3.18. The molecule has 0 spiro atoms. The van der Waals surface area contributed by atoms with Crippen LogP contribution < -0.4 is 5.32 Å². The smallest absolute Gasteiger partial charge is 0.262 e. The number of carbonyl (C=O) groups is 1. The first-order valence-corrected chi connectivity index (χ1v) is 7.24. The van der Waals surface area contributed by atoms with Crippen LogP contribution in [0, 0.1) is 6.92 Å². The third kappa shape index (κ3) is 2.28. The summed E-state index contributed by atoms with van der Waals surface area (Å²) in [7, 11) is 0. The topological polar surface area (TPSA) is 68.0 Å². The zero-order chi connectivity index (χ0) is 13.3. The van der Waals surface area contributed by atoms with Crippen LogP contribution in [-0.4, -0.2) is 16.0 Å². The van der Waals surface area contributed by atoms with E-state index in [9.17, 15) is 4.79 Å². The Balaban J connectivity index is 1.87. The molecule has 0 radical (unpaired) electrons. The number of nitrogens with one attached hydrogen (secondary N) is 1. The molecule has 5 nitrogen and oxygen atoms in total. The van der Waals surface area contributed by atoms with Gasteiger partial charge in [0.15, 0.2) is 5.82 Å². The van der Waals surface area contributed by atoms with E-state index >= 15 is 0 Å². The Morgan fingerprint density at radius 3 is 2.84 bits per heavy atom. The molecule has 6 heteroatoms. The third-order valence-electron chi connectivity index (χ3n) is 3.51. The van der Waals surface area contributed by atoms with Crippen molar-refractivity contribution in [1.29, 1.82) is 0 Å². The number of hydrogen-bond donors (Lipinski definition) is 1. The van der Waals surface area contributed by atoms with Crippen LogP contribution in [0.3, 0.4) is 0 Å². The molecule has 0 bridgehead atoms. The zero-order valence-corrected chi connectivity index (χ0v) is 11.5. The summed E-state index contributed by atoms with van der Waals surface area (Å²) in [4.78, 5) is 17.3. The normalized spacial score (nSPS) is 17.5. The molecule has 2 heterocycles. The summed E-state index contributed by atoms with van der Waals surface area (Å²) in [5.41, 5.74) is -0.459. The van der Waals surface area contributed by atoms with Crippen molar-refractivity contribution >= 4 is 17.2 Å². The number of rotatable bonds is 3. The van der Waals surface area contributed by atoms with Crippen LogP contribution in [-0.2, 0) is 5.54 Å². The first kappa shape index (κ1) is 12.3.